The zero-order chi connectivity index (χ0) is 14.3. The van der Waals surface area contributed by atoms with Gasteiger partial charge in [-0.25, -0.2) is 4.79 Å². The Morgan fingerprint density at radius 1 is 1.37 bits per heavy atom. The smallest absolute Gasteiger partial charge is 0.432 e. The predicted octanol–water partition coefficient (Wildman–Crippen LogP) is 2.78. The molecule has 0 saturated carbocycles. The molecule has 1 aromatic carbocycles. The number of halogens is 3. The molecule has 104 valence electrons. The molecule has 1 heterocycles. The van der Waals surface area contributed by atoms with Crippen LogP contribution >= 0.6 is 0 Å². The van der Waals surface area contributed by atoms with E-state index in [-0.39, 0.29) is 17.5 Å². The normalized spacial score (nSPS) is 23.9. The van der Waals surface area contributed by atoms with Crippen molar-refractivity contribution in [2.24, 2.45) is 0 Å². The van der Waals surface area contributed by atoms with E-state index in [2.05, 4.69) is 4.74 Å². The van der Waals surface area contributed by atoms with Crippen molar-refractivity contribution in [2.75, 3.05) is 0 Å². The Labute approximate surface area is 108 Å². The molecule has 0 spiro atoms. The van der Waals surface area contributed by atoms with E-state index in [0.717, 1.165) is 0 Å². The van der Waals surface area contributed by atoms with Gasteiger partial charge in [-0.2, -0.15) is 13.2 Å². The highest BCUT2D eigenvalue weighted by Gasteiger charge is 2.63. The first-order valence-electron chi connectivity index (χ1n) is 5.85. The number of rotatable bonds is 3. The molecular weight excluding hydrogens is 261 g/mol. The number of ether oxygens (including phenoxy) is 1. The SMILES string of the molecule is CC(O)CCC1(C(F)(F)F)OC(=O)c2ccccc21. The Bertz CT molecular complexity index is 496. The van der Waals surface area contributed by atoms with Gasteiger partial charge in [0, 0.05) is 12.0 Å². The Hall–Kier alpha value is -1.56. The highest BCUT2D eigenvalue weighted by molar-refractivity contribution is 5.94. The first kappa shape index (κ1) is 13.9. The number of fused-ring (bicyclic) bond motifs is 1. The van der Waals surface area contributed by atoms with Crippen LogP contribution in [0.1, 0.15) is 35.7 Å². The van der Waals surface area contributed by atoms with E-state index in [4.69, 9.17) is 0 Å². The zero-order valence-electron chi connectivity index (χ0n) is 10.2. The van der Waals surface area contributed by atoms with Crippen LogP contribution in [0.2, 0.25) is 0 Å². The van der Waals surface area contributed by atoms with Crippen LogP contribution < -0.4 is 0 Å². The Balaban J connectivity index is 2.49. The highest BCUT2D eigenvalue weighted by atomic mass is 19.4. The molecule has 0 saturated heterocycles. The van der Waals surface area contributed by atoms with Gasteiger partial charge in [0.25, 0.3) is 0 Å². The van der Waals surface area contributed by atoms with Crippen LogP contribution in [0.15, 0.2) is 24.3 Å². The van der Waals surface area contributed by atoms with Crippen LogP contribution in [0, 0.1) is 0 Å². The summed E-state index contributed by atoms with van der Waals surface area (Å²) in [6.45, 7) is 1.40. The molecule has 0 amide bonds. The third kappa shape index (κ3) is 2.20. The summed E-state index contributed by atoms with van der Waals surface area (Å²) < 4.78 is 44.7. The summed E-state index contributed by atoms with van der Waals surface area (Å²) in [6.07, 6.45) is -6.21. The maximum Gasteiger partial charge on any atom is 0.432 e. The van der Waals surface area contributed by atoms with E-state index in [1.54, 1.807) is 0 Å². The lowest BCUT2D eigenvalue weighted by Crippen LogP contribution is -2.43. The fourth-order valence-electron chi connectivity index (χ4n) is 2.23. The molecule has 0 fully saturated rings. The van der Waals surface area contributed by atoms with Gasteiger partial charge in [-0.3, -0.25) is 0 Å². The van der Waals surface area contributed by atoms with E-state index in [1.165, 1.54) is 31.2 Å². The van der Waals surface area contributed by atoms with Crippen molar-refractivity contribution in [3.8, 4) is 0 Å². The molecule has 2 atom stereocenters. The monoisotopic (exact) mass is 274 g/mol. The number of esters is 1. The van der Waals surface area contributed by atoms with Gasteiger partial charge in [-0.05, 0) is 19.4 Å². The van der Waals surface area contributed by atoms with Crippen LogP contribution in [0.5, 0.6) is 0 Å². The second-order valence-corrected chi connectivity index (χ2v) is 4.65. The second kappa shape index (κ2) is 4.52. The van der Waals surface area contributed by atoms with Crippen LogP contribution in [-0.2, 0) is 10.3 Å². The van der Waals surface area contributed by atoms with Gasteiger partial charge in [-0.15, -0.1) is 0 Å². The van der Waals surface area contributed by atoms with Gasteiger partial charge in [0.1, 0.15) is 0 Å². The summed E-state index contributed by atoms with van der Waals surface area (Å²) >= 11 is 0. The first-order valence-corrected chi connectivity index (χ1v) is 5.85. The third-order valence-corrected chi connectivity index (χ3v) is 3.22. The highest BCUT2D eigenvalue weighted by Crippen LogP contribution is 2.50. The molecule has 19 heavy (non-hydrogen) atoms. The molecule has 1 aliphatic rings. The average Bonchev–Trinajstić information content (AvgIpc) is 2.61. The van der Waals surface area contributed by atoms with E-state index in [1.807, 2.05) is 0 Å². The Morgan fingerprint density at radius 3 is 2.58 bits per heavy atom. The molecular formula is C13H13F3O3. The van der Waals surface area contributed by atoms with Crippen LogP contribution in [0.25, 0.3) is 0 Å². The van der Waals surface area contributed by atoms with Gasteiger partial charge in [0.05, 0.1) is 11.7 Å². The van der Waals surface area contributed by atoms with Crippen molar-refractivity contribution in [3.05, 3.63) is 35.4 Å². The minimum absolute atomic E-state index is 0.0644. The van der Waals surface area contributed by atoms with Gasteiger partial charge >= 0.3 is 12.1 Å². The number of alkyl halides is 3. The standard InChI is InChI=1S/C13H13F3O3/c1-8(17)6-7-12(13(14,15)16)10-5-3-2-4-9(10)11(18)19-12/h2-5,8,17H,6-7H2,1H3. The number of aliphatic hydroxyl groups excluding tert-OH is 1. The minimum Gasteiger partial charge on any atom is -0.441 e. The number of carbonyl (C=O) groups is 1. The maximum atomic E-state index is 13.4. The molecule has 3 nitrogen and oxygen atoms in total. The number of hydrogen-bond acceptors (Lipinski definition) is 3. The van der Waals surface area contributed by atoms with Crippen LogP contribution in [0.4, 0.5) is 13.2 Å². The lowest BCUT2D eigenvalue weighted by molar-refractivity contribution is -0.264. The molecule has 1 N–H and O–H groups in total. The van der Waals surface area contributed by atoms with Gasteiger partial charge < -0.3 is 9.84 Å². The average molecular weight is 274 g/mol. The quantitative estimate of drug-likeness (QED) is 0.862. The van der Waals surface area contributed by atoms with Crippen molar-refractivity contribution in [1.82, 2.24) is 0 Å². The lowest BCUT2D eigenvalue weighted by Gasteiger charge is -2.31. The van der Waals surface area contributed by atoms with E-state index in [9.17, 15) is 23.1 Å². The maximum absolute atomic E-state index is 13.4. The summed E-state index contributed by atoms with van der Waals surface area (Å²) in [5.74, 6) is -0.974. The van der Waals surface area contributed by atoms with Gasteiger partial charge in [0.2, 0.25) is 5.60 Å². The minimum atomic E-state index is -4.72. The largest absolute Gasteiger partial charge is 0.441 e. The number of hydrogen-bond donors (Lipinski definition) is 1. The third-order valence-electron chi connectivity index (χ3n) is 3.22. The Morgan fingerprint density at radius 2 is 2.00 bits per heavy atom. The molecule has 0 radical (unpaired) electrons. The molecule has 0 bridgehead atoms. The Kier molecular flexibility index (Phi) is 3.30. The molecule has 1 aliphatic heterocycles. The number of aliphatic hydroxyl groups is 1. The van der Waals surface area contributed by atoms with Gasteiger partial charge in [0.15, 0.2) is 0 Å². The van der Waals surface area contributed by atoms with Crippen molar-refractivity contribution < 1.29 is 27.8 Å². The molecule has 1 aromatic rings. The summed E-state index contributed by atoms with van der Waals surface area (Å²) in [4.78, 5) is 11.6. The molecule has 6 heteroatoms. The number of benzene rings is 1. The molecule has 0 aliphatic carbocycles. The van der Waals surface area contributed by atoms with Crippen molar-refractivity contribution in [2.45, 2.75) is 37.6 Å². The topological polar surface area (TPSA) is 46.5 Å². The molecule has 2 unspecified atom stereocenters. The van der Waals surface area contributed by atoms with Crippen molar-refractivity contribution in [1.29, 1.82) is 0 Å². The summed E-state index contributed by atoms with van der Waals surface area (Å²) in [5, 5.41) is 9.20. The number of carbonyl (C=O) groups excluding carboxylic acids is 1. The van der Waals surface area contributed by atoms with E-state index < -0.39 is 30.3 Å². The fourth-order valence-corrected chi connectivity index (χ4v) is 2.23. The summed E-state index contributed by atoms with van der Waals surface area (Å²) in [5.41, 5.74) is -2.88. The van der Waals surface area contributed by atoms with Crippen LogP contribution in [-0.4, -0.2) is 23.4 Å². The fraction of sp³-hybridized carbons (Fsp3) is 0.462. The first-order chi connectivity index (χ1) is 8.78. The zero-order valence-corrected chi connectivity index (χ0v) is 10.2. The van der Waals surface area contributed by atoms with Gasteiger partial charge in [-0.1, -0.05) is 18.2 Å². The summed E-state index contributed by atoms with van der Waals surface area (Å²) in [6, 6.07) is 5.48. The van der Waals surface area contributed by atoms with E-state index in [0.29, 0.717) is 0 Å². The van der Waals surface area contributed by atoms with Crippen molar-refractivity contribution in [3.63, 3.8) is 0 Å². The van der Waals surface area contributed by atoms with Crippen LogP contribution in [0.3, 0.4) is 0 Å². The second-order valence-electron chi connectivity index (χ2n) is 4.65. The predicted molar refractivity (Wildman–Crippen MR) is 60.5 cm³/mol. The van der Waals surface area contributed by atoms with Crippen molar-refractivity contribution >= 4 is 5.97 Å². The molecule has 2 rings (SSSR count). The summed E-state index contributed by atoms with van der Waals surface area (Å²) in [7, 11) is 0. The lowest BCUT2D eigenvalue weighted by atomic mass is 9.86. The van der Waals surface area contributed by atoms with E-state index >= 15 is 0 Å². The number of cyclic esters (lactones) is 1. The molecule has 0 aromatic heterocycles.